The summed E-state index contributed by atoms with van der Waals surface area (Å²) in [6.45, 7) is 0.330. The summed E-state index contributed by atoms with van der Waals surface area (Å²) in [5.74, 6) is -0.456. The third-order valence-corrected chi connectivity index (χ3v) is 6.88. The zero-order chi connectivity index (χ0) is 26.1. The van der Waals surface area contributed by atoms with Crippen LogP contribution in [0.5, 0.6) is 5.75 Å². The number of para-hydroxylation sites is 1. The van der Waals surface area contributed by atoms with Crippen molar-refractivity contribution < 1.29 is 14.3 Å². The van der Waals surface area contributed by atoms with Crippen LogP contribution in [-0.4, -0.2) is 16.9 Å². The maximum atomic E-state index is 13.6. The van der Waals surface area contributed by atoms with Crippen molar-refractivity contribution in [3.63, 3.8) is 0 Å². The first-order valence-electron chi connectivity index (χ1n) is 12.2. The Morgan fingerprint density at radius 3 is 2.18 bits per heavy atom. The molecule has 6 rings (SSSR count). The van der Waals surface area contributed by atoms with E-state index in [4.69, 9.17) is 17.0 Å². The Morgan fingerprint density at radius 2 is 1.39 bits per heavy atom. The highest BCUT2D eigenvalue weighted by atomic mass is 32.1. The van der Waals surface area contributed by atoms with Crippen LogP contribution in [-0.2, 0) is 16.2 Å². The van der Waals surface area contributed by atoms with E-state index in [1.54, 1.807) is 18.2 Å². The summed E-state index contributed by atoms with van der Waals surface area (Å²) in [5, 5.41) is 6.80. The first kappa shape index (κ1) is 23.6. The van der Waals surface area contributed by atoms with Crippen molar-refractivity contribution in [3.8, 4) is 5.75 Å². The van der Waals surface area contributed by atoms with Gasteiger partial charge in [-0.15, -0.1) is 0 Å². The third kappa shape index (κ3) is 4.31. The Balaban J connectivity index is 1.43. The maximum Gasteiger partial charge on any atom is 0.270 e. The summed E-state index contributed by atoms with van der Waals surface area (Å²) in [6.07, 6.45) is 1.61. The van der Waals surface area contributed by atoms with Crippen molar-refractivity contribution in [1.29, 1.82) is 0 Å². The Labute approximate surface area is 225 Å². The lowest BCUT2D eigenvalue weighted by molar-refractivity contribution is -0.122. The fourth-order valence-electron chi connectivity index (χ4n) is 4.74. The van der Waals surface area contributed by atoms with E-state index in [9.17, 15) is 9.59 Å². The number of ether oxygens (including phenoxy) is 1. The molecule has 1 N–H and O–H groups in total. The summed E-state index contributed by atoms with van der Waals surface area (Å²) in [7, 11) is 0. The Morgan fingerprint density at radius 1 is 0.737 bits per heavy atom. The van der Waals surface area contributed by atoms with Gasteiger partial charge in [0.15, 0.2) is 5.11 Å². The molecule has 0 spiro atoms. The first-order valence-corrected chi connectivity index (χ1v) is 12.6. The molecule has 0 saturated carbocycles. The van der Waals surface area contributed by atoms with Crippen molar-refractivity contribution in [2.24, 2.45) is 0 Å². The normalized spacial score (nSPS) is 14.8. The molecule has 1 heterocycles. The highest BCUT2D eigenvalue weighted by Gasteiger charge is 2.34. The molecule has 0 unspecified atom stereocenters. The van der Waals surface area contributed by atoms with Gasteiger partial charge in [0.25, 0.3) is 11.8 Å². The molecule has 0 radical (unpaired) electrons. The van der Waals surface area contributed by atoms with Crippen LogP contribution in [0.4, 0.5) is 5.69 Å². The number of benzene rings is 5. The van der Waals surface area contributed by atoms with Gasteiger partial charge in [0.05, 0.1) is 5.69 Å². The van der Waals surface area contributed by atoms with Crippen molar-refractivity contribution in [3.05, 3.63) is 126 Å². The number of hydrogen-bond acceptors (Lipinski definition) is 4. The van der Waals surface area contributed by atoms with E-state index >= 15 is 0 Å². The zero-order valence-corrected chi connectivity index (χ0v) is 21.1. The number of nitrogens with zero attached hydrogens (tertiary/aromatic N) is 1. The molecule has 184 valence electrons. The van der Waals surface area contributed by atoms with Crippen LogP contribution in [0.25, 0.3) is 27.6 Å². The van der Waals surface area contributed by atoms with Gasteiger partial charge in [0.2, 0.25) is 0 Å². The standard InChI is InChI=1S/C32H22N2O3S/c35-30-28(31(36)34(32(38)33-30)24-13-2-1-3-14-24)19-27-26-16-7-5-10-22(26)17-18-29(27)37-20-23-12-8-11-21-9-4-6-15-25(21)23/h1-19H,20H2,(H,33,35,38)/b28-19-. The van der Waals surface area contributed by atoms with Crippen LogP contribution in [0, 0.1) is 0 Å². The van der Waals surface area contributed by atoms with Gasteiger partial charge in [-0.1, -0.05) is 91.0 Å². The molecule has 5 aromatic carbocycles. The average Bonchev–Trinajstić information content (AvgIpc) is 2.95. The molecule has 6 heteroatoms. The average molecular weight is 515 g/mol. The van der Waals surface area contributed by atoms with Gasteiger partial charge in [0, 0.05) is 5.56 Å². The number of anilines is 1. The topological polar surface area (TPSA) is 58.6 Å². The minimum atomic E-state index is -0.542. The predicted molar refractivity (Wildman–Crippen MR) is 155 cm³/mol. The maximum absolute atomic E-state index is 13.6. The Kier molecular flexibility index (Phi) is 6.15. The second kappa shape index (κ2) is 9.92. The largest absolute Gasteiger partial charge is 0.488 e. The number of amides is 2. The molecule has 1 aliphatic rings. The zero-order valence-electron chi connectivity index (χ0n) is 20.3. The SMILES string of the molecule is O=C1NC(=S)N(c2ccccc2)C(=O)/C1=C\c1c(OCc2cccc3ccccc23)ccc2ccccc12. The second-order valence-corrected chi connectivity index (χ2v) is 9.31. The minimum absolute atomic E-state index is 0.0196. The van der Waals surface area contributed by atoms with Crippen LogP contribution in [0.2, 0.25) is 0 Å². The van der Waals surface area contributed by atoms with Gasteiger partial charge in [-0.25, -0.2) is 0 Å². The number of nitrogens with one attached hydrogen (secondary N) is 1. The van der Waals surface area contributed by atoms with Crippen molar-refractivity contribution in [1.82, 2.24) is 5.32 Å². The van der Waals surface area contributed by atoms with Crippen LogP contribution >= 0.6 is 12.2 Å². The number of thiocarbonyl (C=S) groups is 1. The highest BCUT2D eigenvalue weighted by molar-refractivity contribution is 7.80. The van der Waals surface area contributed by atoms with Crippen molar-refractivity contribution in [2.45, 2.75) is 6.61 Å². The summed E-state index contributed by atoms with van der Waals surface area (Å²) in [4.78, 5) is 27.9. The molecule has 0 bridgehead atoms. The number of hydrogen-bond donors (Lipinski definition) is 1. The van der Waals surface area contributed by atoms with E-state index in [1.807, 2.05) is 78.9 Å². The summed E-state index contributed by atoms with van der Waals surface area (Å²) in [5.41, 5.74) is 2.26. The van der Waals surface area contributed by atoms with Gasteiger partial charge < -0.3 is 4.74 Å². The van der Waals surface area contributed by atoms with Gasteiger partial charge in [-0.3, -0.25) is 19.8 Å². The van der Waals surface area contributed by atoms with E-state index in [0.29, 0.717) is 23.6 Å². The molecule has 2 amide bonds. The first-order chi connectivity index (χ1) is 18.6. The lowest BCUT2D eigenvalue weighted by Gasteiger charge is -2.29. The van der Waals surface area contributed by atoms with E-state index < -0.39 is 11.8 Å². The fourth-order valence-corrected chi connectivity index (χ4v) is 5.02. The molecule has 5 aromatic rings. The number of carbonyl (C=O) groups is 2. The third-order valence-electron chi connectivity index (χ3n) is 6.60. The van der Waals surface area contributed by atoms with Crippen LogP contribution in [0.3, 0.4) is 0 Å². The molecule has 0 atom stereocenters. The molecular formula is C32H22N2O3S. The Bertz CT molecular complexity index is 1760. The molecule has 1 fully saturated rings. The fraction of sp³-hybridized carbons (Fsp3) is 0.0312. The van der Waals surface area contributed by atoms with Crippen LogP contribution in [0.15, 0.2) is 115 Å². The summed E-state index contributed by atoms with van der Waals surface area (Å²) in [6, 6.07) is 35.0. The van der Waals surface area contributed by atoms with E-state index in [-0.39, 0.29) is 10.7 Å². The number of rotatable bonds is 5. The van der Waals surface area contributed by atoms with Gasteiger partial charge >= 0.3 is 0 Å². The monoisotopic (exact) mass is 514 g/mol. The lowest BCUT2D eigenvalue weighted by atomic mass is 9.99. The molecular weight excluding hydrogens is 492 g/mol. The molecule has 38 heavy (non-hydrogen) atoms. The van der Waals surface area contributed by atoms with Crippen LogP contribution < -0.4 is 15.0 Å². The van der Waals surface area contributed by atoms with Gasteiger partial charge in [-0.2, -0.15) is 0 Å². The van der Waals surface area contributed by atoms with E-state index in [0.717, 1.165) is 27.1 Å². The van der Waals surface area contributed by atoms with Crippen molar-refractivity contribution >= 4 is 62.5 Å². The quantitative estimate of drug-likeness (QED) is 0.167. The second-order valence-electron chi connectivity index (χ2n) is 8.92. The minimum Gasteiger partial charge on any atom is -0.488 e. The van der Waals surface area contributed by atoms with E-state index in [1.165, 1.54) is 4.90 Å². The number of carbonyl (C=O) groups excluding carboxylic acids is 2. The van der Waals surface area contributed by atoms with Gasteiger partial charge in [-0.05, 0) is 63.6 Å². The predicted octanol–water partition coefficient (Wildman–Crippen LogP) is 6.40. The molecule has 5 nitrogen and oxygen atoms in total. The Hall–Kier alpha value is -4.81. The summed E-state index contributed by atoms with van der Waals surface area (Å²) >= 11 is 5.34. The molecule has 1 aliphatic heterocycles. The number of fused-ring (bicyclic) bond motifs is 2. The molecule has 1 saturated heterocycles. The van der Waals surface area contributed by atoms with Crippen molar-refractivity contribution in [2.75, 3.05) is 4.90 Å². The lowest BCUT2D eigenvalue weighted by Crippen LogP contribution is -2.54. The van der Waals surface area contributed by atoms with Gasteiger partial charge in [0.1, 0.15) is 17.9 Å². The smallest absolute Gasteiger partial charge is 0.270 e. The molecule has 0 aliphatic carbocycles. The molecule has 0 aromatic heterocycles. The van der Waals surface area contributed by atoms with Crippen LogP contribution in [0.1, 0.15) is 11.1 Å². The van der Waals surface area contributed by atoms with E-state index in [2.05, 4.69) is 23.5 Å². The summed E-state index contributed by atoms with van der Waals surface area (Å²) < 4.78 is 6.36. The highest BCUT2D eigenvalue weighted by Crippen LogP contribution is 2.33.